The van der Waals surface area contributed by atoms with Gasteiger partial charge in [-0.1, -0.05) is 20.8 Å². The number of rotatable bonds is 3. The fourth-order valence-corrected chi connectivity index (χ4v) is 8.71. The van der Waals surface area contributed by atoms with E-state index in [1.165, 1.54) is 33.1 Å². The minimum atomic E-state index is -0.231. The average Bonchev–Trinajstić information content (AvgIpc) is 2.92. The van der Waals surface area contributed by atoms with Crippen molar-refractivity contribution in [2.45, 2.75) is 91.8 Å². The summed E-state index contributed by atoms with van der Waals surface area (Å²) in [5, 5.41) is 10.4. The molecule has 4 fully saturated rings. The van der Waals surface area contributed by atoms with E-state index >= 15 is 0 Å². The topological polar surface area (TPSA) is 72.8 Å². The van der Waals surface area contributed by atoms with Gasteiger partial charge in [0.1, 0.15) is 6.10 Å². The molecule has 0 heterocycles. The van der Waals surface area contributed by atoms with E-state index in [9.17, 15) is 14.7 Å². The lowest BCUT2D eigenvalue weighted by molar-refractivity contribution is -0.174. The summed E-state index contributed by atoms with van der Waals surface area (Å²) in [6, 6.07) is 0. The number of hydrogen-bond acceptors (Lipinski definition) is 5. The third-order valence-corrected chi connectivity index (χ3v) is 10.1. The molecule has 0 bridgehead atoms. The van der Waals surface area contributed by atoms with Gasteiger partial charge in [-0.05, 0) is 80.0 Å². The zero-order chi connectivity index (χ0) is 21.8. The van der Waals surface area contributed by atoms with Crippen LogP contribution in [0.3, 0.4) is 0 Å². The Labute approximate surface area is 181 Å². The molecular formula is C25H40O5. The molecule has 0 aromatic heterocycles. The number of carbonyl (C=O) groups excluding carboxylic acids is 2. The molecule has 30 heavy (non-hydrogen) atoms. The van der Waals surface area contributed by atoms with E-state index < -0.39 is 0 Å². The summed E-state index contributed by atoms with van der Waals surface area (Å²) in [6.45, 7) is 10.6. The SMILES string of the molecule is CC(=O)OCC1CC(OC(C)=O)[C@@]2(C)CC[C@@H]3[C@@H](CCC4CC(O)CC(C)[C@@]43C)[C@H]12. The molecule has 5 heteroatoms. The van der Waals surface area contributed by atoms with Gasteiger partial charge in [0.25, 0.3) is 0 Å². The summed E-state index contributed by atoms with van der Waals surface area (Å²) in [4.78, 5) is 23.4. The summed E-state index contributed by atoms with van der Waals surface area (Å²) in [7, 11) is 0. The molecule has 10 atom stereocenters. The van der Waals surface area contributed by atoms with Crippen molar-refractivity contribution in [1.29, 1.82) is 0 Å². The number of carbonyl (C=O) groups is 2. The Hall–Kier alpha value is -1.10. The minimum absolute atomic E-state index is 0.0434. The Balaban J connectivity index is 1.66. The molecule has 4 saturated carbocycles. The Bertz CT molecular complexity index is 691. The monoisotopic (exact) mass is 420 g/mol. The summed E-state index contributed by atoms with van der Waals surface area (Å²) in [5.74, 6) is 2.54. The molecule has 4 rings (SSSR count). The van der Waals surface area contributed by atoms with Crippen LogP contribution in [0.25, 0.3) is 0 Å². The van der Waals surface area contributed by atoms with Gasteiger partial charge in [-0.15, -0.1) is 0 Å². The number of fused-ring (bicyclic) bond motifs is 5. The maximum Gasteiger partial charge on any atom is 0.302 e. The van der Waals surface area contributed by atoms with Gasteiger partial charge in [-0.2, -0.15) is 0 Å². The molecule has 0 aliphatic heterocycles. The lowest BCUT2D eigenvalue weighted by Crippen LogP contribution is -2.58. The van der Waals surface area contributed by atoms with Crippen molar-refractivity contribution in [3.8, 4) is 0 Å². The number of aliphatic hydroxyl groups is 1. The number of ether oxygens (including phenoxy) is 2. The number of hydrogen-bond donors (Lipinski definition) is 1. The van der Waals surface area contributed by atoms with Crippen LogP contribution in [-0.4, -0.2) is 35.9 Å². The van der Waals surface area contributed by atoms with Crippen LogP contribution in [-0.2, 0) is 19.1 Å². The minimum Gasteiger partial charge on any atom is -0.466 e. The van der Waals surface area contributed by atoms with Gasteiger partial charge in [0.15, 0.2) is 0 Å². The van der Waals surface area contributed by atoms with Crippen LogP contribution in [0.5, 0.6) is 0 Å². The standard InChI is InChI=1S/C25H40O5/c1-14-10-19(28)12-18-6-7-20-21(25(14,18)5)8-9-24(4)22(30-16(3)27)11-17(23(20)24)13-29-15(2)26/h14,17-23,28H,6-13H2,1-5H3/t14?,17?,18?,19?,20-,21-,22?,23+,24-,25+/m1/s1. The Morgan fingerprint density at radius 3 is 2.43 bits per heavy atom. The molecule has 0 amide bonds. The highest BCUT2D eigenvalue weighted by molar-refractivity contribution is 5.66. The first-order valence-corrected chi connectivity index (χ1v) is 12.1. The largest absolute Gasteiger partial charge is 0.466 e. The Morgan fingerprint density at radius 1 is 1.03 bits per heavy atom. The van der Waals surface area contributed by atoms with Crippen molar-refractivity contribution in [2.24, 2.45) is 46.3 Å². The molecule has 0 radical (unpaired) electrons. The first kappa shape index (κ1) is 22.1. The van der Waals surface area contributed by atoms with Crippen LogP contribution in [0.2, 0.25) is 0 Å². The Morgan fingerprint density at radius 2 is 1.77 bits per heavy atom. The smallest absolute Gasteiger partial charge is 0.302 e. The first-order valence-electron chi connectivity index (χ1n) is 12.1. The summed E-state index contributed by atoms with van der Waals surface area (Å²) in [5.41, 5.74) is 0.216. The predicted octanol–water partition coefficient (Wildman–Crippen LogP) is 4.36. The van der Waals surface area contributed by atoms with Gasteiger partial charge in [-0.25, -0.2) is 0 Å². The second kappa shape index (κ2) is 7.79. The van der Waals surface area contributed by atoms with Crippen LogP contribution in [0.1, 0.15) is 79.6 Å². The van der Waals surface area contributed by atoms with Gasteiger partial charge in [-0.3, -0.25) is 9.59 Å². The van der Waals surface area contributed by atoms with E-state index in [0.29, 0.717) is 36.2 Å². The van der Waals surface area contributed by atoms with E-state index in [-0.39, 0.29) is 40.9 Å². The number of esters is 2. The van der Waals surface area contributed by atoms with E-state index in [1.54, 1.807) is 0 Å². The molecule has 0 saturated heterocycles. The molecule has 170 valence electrons. The van der Waals surface area contributed by atoms with Crippen molar-refractivity contribution < 1.29 is 24.2 Å². The quantitative estimate of drug-likeness (QED) is 0.687. The van der Waals surface area contributed by atoms with Crippen LogP contribution in [0, 0.1) is 46.3 Å². The zero-order valence-corrected chi connectivity index (χ0v) is 19.4. The van der Waals surface area contributed by atoms with Gasteiger partial charge in [0.2, 0.25) is 0 Å². The van der Waals surface area contributed by atoms with Gasteiger partial charge < -0.3 is 14.6 Å². The summed E-state index contributed by atoms with van der Waals surface area (Å²) in [6.07, 6.45) is 6.99. The Kier molecular flexibility index (Phi) is 5.74. The maximum absolute atomic E-state index is 11.9. The van der Waals surface area contributed by atoms with Gasteiger partial charge in [0.05, 0.1) is 12.7 Å². The van der Waals surface area contributed by atoms with Crippen molar-refractivity contribution in [1.82, 2.24) is 0 Å². The van der Waals surface area contributed by atoms with E-state index in [1.807, 2.05) is 0 Å². The highest BCUT2D eigenvalue weighted by Crippen LogP contribution is 2.68. The molecule has 5 unspecified atom stereocenters. The van der Waals surface area contributed by atoms with Crippen molar-refractivity contribution in [2.75, 3.05) is 6.61 Å². The molecule has 0 spiro atoms. The molecule has 1 N–H and O–H groups in total. The predicted molar refractivity (Wildman–Crippen MR) is 113 cm³/mol. The fraction of sp³-hybridized carbons (Fsp3) is 0.920. The fourth-order valence-electron chi connectivity index (χ4n) is 8.71. The average molecular weight is 421 g/mol. The van der Waals surface area contributed by atoms with Crippen molar-refractivity contribution in [3.63, 3.8) is 0 Å². The van der Waals surface area contributed by atoms with E-state index in [2.05, 4.69) is 20.8 Å². The van der Waals surface area contributed by atoms with Crippen LogP contribution < -0.4 is 0 Å². The van der Waals surface area contributed by atoms with E-state index in [0.717, 1.165) is 25.7 Å². The summed E-state index contributed by atoms with van der Waals surface area (Å²) >= 11 is 0. The van der Waals surface area contributed by atoms with Crippen molar-refractivity contribution >= 4 is 11.9 Å². The summed E-state index contributed by atoms with van der Waals surface area (Å²) < 4.78 is 11.4. The van der Waals surface area contributed by atoms with Gasteiger partial charge >= 0.3 is 11.9 Å². The molecule has 5 nitrogen and oxygen atoms in total. The highest BCUT2D eigenvalue weighted by atomic mass is 16.5. The van der Waals surface area contributed by atoms with Crippen LogP contribution >= 0.6 is 0 Å². The molecule has 4 aliphatic rings. The normalized spacial score (nSPS) is 50.1. The molecule has 0 aromatic carbocycles. The third-order valence-electron chi connectivity index (χ3n) is 10.1. The van der Waals surface area contributed by atoms with E-state index in [4.69, 9.17) is 9.47 Å². The lowest BCUT2D eigenvalue weighted by atomic mass is 9.42. The number of aliphatic hydroxyl groups excluding tert-OH is 1. The highest BCUT2D eigenvalue weighted by Gasteiger charge is 2.64. The van der Waals surface area contributed by atoms with Gasteiger partial charge in [0, 0.05) is 25.2 Å². The van der Waals surface area contributed by atoms with Crippen LogP contribution in [0.4, 0.5) is 0 Å². The molecule has 4 aliphatic carbocycles. The van der Waals surface area contributed by atoms with Crippen LogP contribution in [0.15, 0.2) is 0 Å². The first-order chi connectivity index (χ1) is 14.1. The second-order valence-corrected chi connectivity index (χ2v) is 11.4. The van der Waals surface area contributed by atoms with Crippen molar-refractivity contribution in [3.05, 3.63) is 0 Å². The third kappa shape index (κ3) is 3.40. The molecular weight excluding hydrogens is 380 g/mol. The molecule has 0 aromatic rings. The second-order valence-electron chi connectivity index (χ2n) is 11.4. The zero-order valence-electron chi connectivity index (χ0n) is 19.4. The maximum atomic E-state index is 11.9. The lowest BCUT2D eigenvalue weighted by Gasteiger charge is -2.63.